The van der Waals surface area contributed by atoms with Crippen molar-refractivity contribution >= 4 is 52.4 Å². The van der Waals surface area contributed by atoms with E-state index in [1.165, 1.54) is 12.8 Å². The number of carbonyl (C=O) groups excluding carboxylic acids is 2. The molecule has 0 amide bonds. The van der Waals surface area contributed by atoms with E-state index in [2.05, 4.69) is 11.7 Å². The van der Waals surface area contributed by atoms with Crippen molar-refractivity contribution in [3.05, 3.63) is 0 Å². The van der Waals surface area contributed by atoms with E-state index in [1.807, 2.05) is 0 Å². The largest absolute Gasteiger partial charge is 0.393 e. The van der Waals surface area contributed by atoms with E-state index in [-0.39, 0.29) is 13.8 Å². The summed E-state index contributed by atoms with van der Waals surface area (Å²) in [6, 6.07) is 0. The molecular weight excluding hydrogens is 564 g/mol. The second-order valence-corrected chi connectivity index (χ2v) is 13.0. The summed E-state index contributed by atoms with van der Waals surface area (Å²) in [7, 11) is -16.9. The van der Waals surface area contributed by atoms with Crippen molar-refractivity contribution in [1.82, 2.24) is 0 Å². The zero-order valence-corrected chi connectivity index (χ0v) is 21.2. The van der Waals surface area contributed by atoms with Crippen LogP contribution in [0, 0.1) is 0 Å². The molecule has 212 valence electrons. The number of ether oxygens (including phenoxy) is 2. The van der Waals surface area contributed by atoms with Gasteiger partial charge in [-0.05, 0) is 26.2 Å². The molecule has 1 aliphatic rings. The second-order valence-electron chi connectivity index (χ2n) is 6.67. The third kappa shape index (κ3) is 35.0. The zero-order chi connectivity index (χ0) is 27.2. The first-order valence-electron chi connectivity index (χ1n) is 9.25. The number of hydrogen-bond acceptors (Lipinski definition) is 12. The Morgan fingerprint density at radius 3 is 1.29 bits per heavy atom. The summed E-state index contributed by atoms with van der Waals surface area (Å²) in [4.78, 5) is 21.6. The molecule has 1 heterocycles. The van der Waals surface area contributed by atoms with Gasteiger partial charge in [-0.1, -0.05) is 7.43 Å². The van der Waals surface area contributed by atoms with Gasteiger partial charge in [0.1, 0.15) is 0 Å². The Hall–Kier alpha value is -1.26. The van der Waals surface area contributed by atoms with Crippen LogP contribution in [0.2, 0.25) is 0 Å². The van der Waals surface area contributed by atoms with E-state index in [1.54, 1.807) is 0 Å². The summed E-state index contributed by atoms with van der Waals surface area (Å²) in [6.07, 6.45) is 1.29. The van der Waals surface area contributed by atoms with Crippen molar-refractivity contribution in [3.8, 4) is 0 Å². The van der Waals surface area contributed by atoms with Crippen LogP contribution in [0.3, 0.4) is 0 Å². The van der Waals surface area contributed by atoms with Crippen LogP contribution >= 0.6 is 0 Å². The van der Waals surface area contributed by atoms with Gasteiger partial charge < -0.3 is 9.47 Å². The minimum Gasteiger partial charge on any atom is -0.393 e. The van der Waals surface area contributed by atoms with Crippen molar-refractivity contribution < 1.29 is 70.9 Å². The van der Waals surface area contributed by atoms with Gasteiger partial charge in [0, 0.05) is 6.61 Å². The van der Waals surface area contributed by atoms with E-state index >= 15 is 0 Å². The van der Waals surface area contributed by atoms with E-state index < -0.39 is 88.3 Å². The molecule has 1 saturated heterocycles. The van der Waals surface area contributed by atoms with Gasteiger partial charge in [-0.2, -0.15) is 33.7 Å². The maximum absolute atomic E-state index is 10.8. The first-order valence-corrected chi connectivity index (χ1v) is 15.7. The molecule has 0 radical (unpaired) electrons. The molecule has 4 N–H and O–H groups in total. The fraction of sp³-hybridized carbons (Fsp3) is 0.867. The standard InChI is InChI=1S/C6H10O9S2.C5H10O.C3H8O6S2.CH4/c7-5(1-3-16(9,10)11)15-6(8)2-4-17(12,13)14;1-5-3-2-4-6-5;4-10(5,6)2-1-3-11(7,8)9;/h1-4H2,(H,9,10,11)(H,12,13,14);5H,2-4H2,1H3;1-3H2,(H,4,5,6)(H,7,8,9);1H4. The summed E-state index contributed by atoms with van der Waals surface area (Å²) in [5, 5.41) is 0. The molecule has 16 nitrogen and oxygen atoms in total. The van der Waals surface area contributed by atoms with Gasteiger partial charge in [0.2, 0.25) is 0 Å². The first-order chi connectivity index (χ1) is 15.1. The Bertz CT molecular complexity index is 974. The van der Waals surface area contributed by atoms with E-state index in [4.69, 9.17) is 22.9 Å². The van der Waals surface area contributed by atoms with Crippen LogP contribution in [0.25, 0.3) is 0 Å². The number of rotatable bonds is 10. The number of hydrogen-bond donors (Lipinski definition) is 4. The molecule has 1 rings (SSSR count). The van der Waals surface area contributed by atoms with Gasteiger partial charge in [0.05, 0.1) is 42.0 Å². The van der Waals surface area contributed by atoms with E-state index in [0.29, 0.717) is 6.10 Å². The predicted octanol–water partition coefficient (Wildman–Crippen LogP) is -0.414. The molecule has 0 bridgehead atoms. The quantitative estimate of drug-likeness (QED) is 0.142. The Kier molecular flexibility index (Phi) is 18.9. The van der Waals surface area contributed by atoms with Crippen molar-refractivity contribution in [2.45, 2.75) is 52.6 Å². The normalized spacial score (nSPS) is 16.0. The van der Waals surface area contributed by atoms with Crippen molar-refractivity contribution in [3.63, 3.8) is 0 Å². The van der Waals surface area contributed by atoms with Crippen molar-refractivity contribution in [2.24, 2.45) is 0 Å². The number of esters is 2. The predicted molar refractivity (Wildman–Crippen MR) is 122 cm³/mol. The smallest absolute Gasteiger partial charge is 0.314 e. The monoisotopic (exact) mass is 596 g/mol. The lowest BCUT2D eigenvalue weighted by atomic mass is 10.3. The highest BCUT2D eigenvalue weighted by molar-refractivity contribution is 7.86. The highest BCUT2D eigenvalue weighted by Crippen LogP contribution is 2.09. The molecule has 0 aromatic rings. The van der Waals surface area contributed by atoms with Crippen LogP contribution < -0.4 is 0 Å². The molecular formula is C15H32O16S4. The fourth-order valence-electron chi connectivity index (χ4n) is 1.82. The molecule has 1 aliphatic heterocycles. The Balaban J connectivity index is -0.000000484. The lowest BCUT2D eigenvalue weighted by molar-refractivity contribution is -0.159. The molecule has 0 spiro atoms. The summed E-state index contributed by atoms with van der Waals surface area (Å²) >= 11 is 0. The SMILES string of the molecule is C.CC1CCCO1.O=C(CCS(=O)(=O)O)OC(=O)CCS(=O)(=O)O.O=S(=O)(O)CCCS(=O)(=O)O. The topological polar surface area (TPSA) is 270 Å². The fourth-order valence-corrected chi connectivity index (χ4v) is 3.87. The molecule has 1 fully saturated rings. The van der Waals surface area contributed by atoms with E-state index in [0.717, 1.165) is 6.61 Å². The molecule has 0 aliphatic carbocycles. The van der Waals surface area contributed by atoms with Crippen LogP contribution in [0.1, 0.15) is 46.5 Å². The third-order valence-corrected chi connectivity index (χ3v) is 6.37. The van der Waals surface area contributed by atoms with Gasteiger partial charge in [-0.15, -0.1) is 0 Å². The minimum absolute atomic E-state index is 0. The highest BCUT2D eigenvalue weighted by atomic mass is 32.2. The van der Waals surface area contributed by atoms with Gasteiger partial charge in [0.15, 0.2) is 0 Å². The van der Waals surface area contributed by atoms with Crippen molar-refractivity contribution in [1.29, 1.82) is 0 Å². The summed E-state index contributed by atoms with van der Waals surface area (Å²) in [6.45, 7) is 3.11. The van der Waals surface area contributed by atoms with Crippen LogP contribution in [-0.2, 0) is 59.5 Å². The Morgan fingerprint density at radius 1 is 0.743 bits per heavy atom. The molecule has 20 heteroatoms. The molecule has 0 saturated carbocycles. The summed E-state index contributed by atoms with van der Waals surface area (Å²) in [5.41, 5.74) is 0. The molecule has 0 aromatic heterocycles. The van der Waals surface area contributed by atoms with Crippen LogP contribution in [-0.4, -0.2) is 99.5 Å². The lowest BCUT2D eigenvalue weighted by Gasteiger charge is -2.01. The average molecular weight is 597 g/mol. The molecule has 1 unspecified atom stereocenters. The molecule has 35 heavy (non-hydrogen) atoms. The maximum atomic E-state index is 10.8. The van der Waals surface area contributed by atoms with Gasteiger partial charge in [-0.25, -0.2) is 0 Å². The lowest BCUT2D eigenvalue weighted by Crippen LogP contribution is -2.18. The molecule has 0 aromatic carbocycles. The highest BCUT2D eigenvalue weighted by Gasteiger charge is 2.16. The van der Waals surface area contributed by atoms with Crippen LogP contribution in [0.15, 0.2) is 0 Å². The van der Waals surface area contributed by atoms with Gasteiger partial charge in [0.25, 0.3) is 40.5 Å². The Morgan fingerprint density at radius 2 is 1.09 bits per heavy atom. The minimum atomic E-state index is -4.34. The van der Waals surface area contributed by atoms with E-state index in [9.17, 15) is 43.3 Å². The van der Waals surface area contributed by atoms with Crippen LogP contribution in [0.4, 0.5) is 0 Å². The second kappa shape index (κ2) is 17.2. The van der Waals surface area contributed by atoms with Gasteiger partial charge >= 0.3 is 11.9 Å². The van der Waals surface area contributed by atoms with Crippen LogP contribution in [0.5, 0.6) is 0 Å². The zero-order valence-electron chi connectivity index (χ0n) is 18.0. The molecule has 1 atom stereocenters. The third-order valence-electron chi connectivity index (χ3n) is 3.32. The average Bonchev–Trinajstić information content (AvgIpc) is 3.07. The van der Waals surface area contributed by atoms with Gasteiger partial charge in [-0.3, -0.25) is 27.8 Å². The van der Waals surface area contributed by atoms with Crippen molar-refractivity contribution in [2.75, 3.05) is 29.6 Å². The number of carbonyl (C=O) groups is 2. The summed E-state index contributed by atoms with van der Waals surface area (Å²) in [5.74, 6) is -5.57. The first kappa shape index (κ1) is 38.3. The maximum Gasteiger partial charge on any atom is 0.314 e. The summed E-state index contributed by atoms with van der Waals surface area (Å²) < 4.78 is 123. The Labute approximate surface area is 205 Å².